The molecule has 180 valence electrons. The second kappa shape index (κ2) is 10.2. The van der Waals surface area contributed by atoms with Gasteiger partial charge in [-0.05, 0) is 61.3 Å². The molecule has 0 saturated carbocycles. The third-order valence-corrected chi connectivity index (χ3v) is 6.57. The second-order valence-corrected chi connectivity index (χ2v) is 9.40. The predicted octanol–water partition coefficient (Wildman–Crippen LogP) is 3.39. The average Bonchev–Trinajstić information content (AvgIpc) is 3.36. The van der Waals surface area contributed by atoms with Crippen LogP contribution in [0.25, 0.3) is 16.8 Å². The molecule has 1 aliphatic rings. The molecule has 0 unspecified atom stereocenters. The third-order valence-electron chi connectivity index (χ3n) is 6.57. The lowest BCUT2D eigenvalue weighted by Gasteiger charge is -2.32. The number of piperidine rings is 1. The minimum atomic E-state index is 0.0161. The van der Waals surface area contributed by atoms with E-state index in [2.05, 4.69) is 87.0 Å². The van der Waals surface area contributed by atoms with E-state index in [1.54, 1.807) is 10.8 Å². The molecule has 2 aromatic heterocycles. The summed E-state index contributed by atoms with van der Waals surface area (Å²) in [6.45, 7) is 3.05. The van der Waals surface area contributed by atoms with Gasteiger partial charge in [0.1, 0.15) is 12.1 Å². The number of fused-ring (bicyclic) bond motifs is 1. The molecule has 1 N–H and O–H groups in total. The van der Waals surface area contributed by atoms with Crippen molar-refractivity contribution in [1.29, 1.82) is 0 Å². The van der Waals surface area contributed by atoms with Crippen molar-refractivity contribution in [1.82, 2.24) is 30.0 Å². The number of hydrogen-bond donors (Lipinski definition) is 1. The Hall–Kier alpha value is -3.78. The first-order valence-electron chi connectivity index (χ1n) is 12.1. The fraction of sp³-hybridized carbons (Fsp3) is 0.333. The Bertz CT molecular complexity index is 1290. The number of amides is 1. The topological polar surface area (TPSA) is 78.7 Å². The SMILES string of the molecule is CN(C)Cc1ccc(-c2ccccc2CNC(=O)C2CCN(c3ccc4nncn4n3)CC2)cc1. The lowest BCUT2D eigenvalue weighted by atomic mass is 9.95. The molecule has 4 aromatic rings. The molecule has 0 aliphatic carbocycles. The molecule has 1 amide bonds. The van der Waals surface area contributed by atoms with Crippen LogP contribution in [-0.4, -0.2) is 57.8 Å². The van der Waals surface area contributed by atoms with E-state index >= 15 is 0 Å². The second-order valence-electron chi connectivity index (χ2n) is 9.40. The van der Waals surface area contributed by atoms with Gasteiger partial charge in [0, 0.05) is 32.1 Å². The van der Waals surface area contributed by atoms with Crippen LogP contribution in [0.4, 0.5) is 5.82 Å². The first-order chi connectivity index (χ1) is 17.1. The molecule has 8 heteroatoms. The Morgan fingerprint density at radius 3 is 2.57 bits per heavy atom. The van der Waals surface area contributed by atoms with Gasteiger partial charge in [-0.3, -0.25) is 4.79 Å². The van der Waals surface area contributed by atoms with Crippen molar-refractivity contribution in [3.8, 4) is 11.1 Å². The van der Waals surface area contributed by atoms with Crippen molar-refractivity contribution in [3.63, 3.8) is 0 Å². The molecule has 0 spiro atoms. The van der Waals surface area contributed by atoms with Crippen molar-refractivity contribution in [2.24, 2.45) is 5.92 Å². The molecule has 35 heavy (non-hydrogen) atoms. The van der Waals surface area contributed by atoms with Crippen molar-refractivity contribution in [3.05, 3.63) is 78.1 Å². The van der Waals surface area contributed by atoms with Crippen LogP contribution in [0.2, 0.25) is 0 Å². The van der Waals surface area contributed by atoms with Crippen LogP contribution in [0.5, 0.6) is 0 Å². The van der Waals surface area contributed by atoms with E-state index < -0.39 is 0 Å². The van der Waals surface area contributed by atoms with Crippen molar-refractivity contribution < 1.29 is 4.79 Å². The Labute approximate surface area is 205 Å². The summed E-state index contributed by atoms with van der Waals surface area (Å²) in [5, 5.41) is 15.7. The summed E-state index contributed by atoms with van der Waals surface area (Å²) < 4.78 is 1.68. The van der Waals surface area contributed by atoms with Crippen LogP contribution in [0.3, 0.4) is 0 Å². The van der Waals surface area contributed by atoms with Gasteiger partial charge in [0.2, 0.25) is 5.91 Å². The van der Waals surface area contributed by atoms with Crippen LogP contribution in [0, 0.1) is 5.92 Å². The van der Waals surface area contributed by atoms with Crippen LogP contribution < -0.4 is 10.2 Å². The maximum atomic E-state index is 13.0. The summed E-state index contributed by atoms with van der Waals surface area (Å²) in [5.41, 5.74) is 5.48. The number of carbonyl (C=O) groups excluding carboxylic acids is 1. The van der Waals surface area contributed by atoms with E-state index in [0.29, 0.717) is 6.54 Å². The van der Waals surface area contributed by atoms with Crippen LogP contribution in [0.15, 0.2) is 67.0 Å². The van der Waals surface area contributed by atoms with Gasteiger partial charge in [0.05, 0.1) is 0 Å². The van der Waals surface area contributed by atoms with E-state index in [0.717, 1.165) is 55.1 Å². The van der Waals surface area contributed by atoms with Gasteiger partial charge in [-0.15, -0.1) is 15.3 Å². The molecule has 1 aliphatic heterocycles. The minimum absolute atomic E-state index is 0.0161. The lowest BCUT2D eigenvalue weighted by molar-refractivity contribution is -0.125. The molecule has 1 saturated heterocycles. The number of carbonyl (C=O) groups is 1. The molecule has 5 rings (SSSR count). The summed E-state index contributed by atoms with van der Waals surface area (Å²) in [5.74, 6) is 1.03. The molecule has 8 nitrogen and oxygen atoms in total. The summed E-state index contributed by atoms with van der Waals surface area (Å²) in [6.07, 6.45) is 3.22. The lowest BCUT2D eigenvalue weighted by Crippen LogP contribution is -2.40. The highest BCUT2D eigenvalue weighted by Gasteiger charge is 2.26. The van der Waals surface area contributed by atoms with Gasteiger partial charge in [0.25, 0.3) is 0 Å². The highest BCUT2D eigenvalue weighted by molar-refractivity contribution is 5.79. The smallest absolute Gasteiger partial charge is 0.223 e. The van der Waals surface area contributed by atoms with E-state index in [1.807, 2.05) is 18.2 Å². The molecule has 1 fully saturated rings. The Balaban J connectivity index is 1.18. The molecule has 3 heterocycles. The average molecular weight is 470 g/mol. The molecule has 2 aromatic carbocycles. The van der Waals surface area contributed by atoms with Crippen LogP contribution >= 0.6 is 0 Å². The highest BCUT2D eigenvalue weighted by Crippen LogP contribution is 2.25. The Morgan fingerprint density at radius 1 is 1.03 bits per heavy atom. The largest absolute Gasteiger partial charge is 0.355 e. The van der Waals surface area contributed by atoms with Gasteiger partial charge in [-0.25, -0.2) is 0 Å². The molecule has 0 radical (unpaired) electrons. The number of nitrogens with zero attached hydrogens (tertiary/aromatic N) is 6. The summed E-state index contributed by atoms with van der Waals surface area (Å²) >= 11 is 0. The zero-order valence-corrected chi connectivity index (χ0v) is 20.3. The number of nitrogens with one attached hydrogen (secondary N) is 1. The van der Waals surface area contributed by atoms with Gasteiger partial charge >= 0.3 is 0 Å². The Morgan fingerprint density at radius 2 is 1.80 bits per heavy atom. The molecule has 0 bridgehead atoms. The van der Waals surface area contributed by atoms with E-state index in [4.69, 9.17) is 0 Å². The third kappa shape index (κ3) is 5.33. The van der Waals surface area contributed by atoms with E-state index in [9.17, 15) is 4.79 Å². The molecular formula is C27H31N7O. The normalized spacial score (nSPS) is 14.5. The summed E-state index contributed by atoms with van der Waals surface area (Å²) in [7, 11) is 4.15. The maximum Gasteiger partial charge on any atom is 0.223 e. The van der Waals surface area contributed by atoms with Gasteiger partial charge < -0.3 is 15.1 Å². The van der Waals surface area contributed by atoms with Crippen molar-refractivity contribution in [2.45, 2.75) is 25.9 Å². The monoisotopic (exact) mass is 469 g/mol. The van der Waals surface area contributed by atoms with Crippen molar-refractivity contribution >= 4 is 17.4 Å². The predicted molar refractivity (Wildman–Crippen MR) is 137 cm³/mol. The number of anilines is 1. The number of aromatic nitrogens is 4. The fourth-order valence-corrected chi connectivity index (χ4v) is 4.70. The van der Waals surface area contributed by atoms with Crippen LogP contribution in [0.1, 0.15) is 24.0 Å². The van der Waals surface area contributed by atoms with Crippen LogP contribution in [-0.2, 0) is 17.9 Å². The fourth-order valence-electron chi connectivity index (χ4n) is 4.70. The quantitative estimate of drug-likeness (QED) is 0.447. The first-order valence-corrected chi connectivity index (χ1v) is 12.1. The van der Waals surface area contributed by atoms with E-state index in [1.165, 1.54) is 11.1 Å². The minimum Gasteiger partial charge on any atom is -0.355 e. The zero-order chi connectivity index (χ0) is 24.2. The number of rotatable bonds is 7. The highest BCUT2D eigenvalue weighted by atomic mass is 16.1. The Kier molecular flexibility index (Phi) is 6.72. The standard InChI is InChI=1S/C27H31N7O/c1-32(2)18-20-7-9-21(10-8-20)24-6-4-3-5-23(24)17-28-27(35)22-13-15-33(16-14-22)26-12-11-25-30-29-19-34(25)31-26/h3-12,19,22H,13-18H2,1-2H3,(H,28,35). The number of benzene rings is 2. The van der Waals surface area contributed by atoms with Crippen molar-refractivity contribution in [2.75, 3.05) is 32.1 Å². The van der Waals surface area contributed by atoms with Gasteiger partial charge in [-0.2, -0.15) is 4.52 Å². The number of hydrogen-bond acceptors (Lipinski definition) is 6. The molecular weight excluding hydrogens is 438 g/mol. The van der Waals surface area contributed by atoms with E-state index in [-0.39, 0.29) is 11.8 Å². The zero-order valence-electron chi connectivity index (χ0n) is 20.3. The summed E-state index contributed by atoms with van der Waals surface area (Å²) in [6, 6.07) is 20.9. The molecule has 0 atom stereocenters. The maximum absolute atomic E-state index is 13.0. The van der Waals surface area contributed by atoms with Gasteiger partial charge in [0.15, 0.2) is 5.65 Å². The van der Waals surface area contributed by atoms with Gasteiger partial charge in [-0.1, -0.05) is 48.5 Å². The first kappa shape index (κ1) is 23.0. The summed E-state index contributed by atoms with van der Waals surface area (Å²) in [4.78, 5) is 17.4.